The number of anilines is 2. The van der Waals surface area contributed by atoms with Gasteiger partial charge in [0.1, 0.15) is 11.6 Å². The molecule has 0 spiro atoms. The number of halogens is 1. The number of nitrogens with one attached hydrogen (secondary N) is 1. The van der Waals surface area contributed by atoms with Crippen molar-refractivity contribution < 1.29 is 13.9 Å². The summed E-state index contributed by atoms with van der Waals surface area (Å²) in [6.07, 6.45) is 0. The molecule has 0 aliphatic carbocycles. The third-order valence-corrected chi connectivity index (χ3v) is 3.07. The summed E-state index contributed by atoms with van der Waals surface area (Å²) in [5.41, 5.74) is 8.42. The van der Waals surface area contributed by atoms with Gasteiger partial charge in [0.05, 0.1) is 11.4 Å². The van der Waals surface area contributed by atoms with Crippen molar-refractivity contribution >= 4 is 17.3 Å². The summed E-state index contributed by atoms with van der Waals surface area (Å²) >= 11 is 0. The minimum Gasteiger partial charge on any atom is -0.483 e. The lowest BCUT2D eigenvalue weighted by molar-refractivity contribution is -0.118. The molecule has 2 aromatic carbocycles. The van der Waals surface area contributed by atoms with E-state index in [2.05, 4.69) is 5.32 Å². The number of benzene rings is 2. The number of ether oxygens (including phenoxy) is 1. The molecule has 21 heavy (non-hydrogen) atoms. The first-order chi connectivity index (χ1) is 9.97. The fourth-order valence-corrected chi connectivity index (χ4v) is 1.95. The summed E-state index contributed by atoms with van der Waals surface area (Å²) in [6, 6.07) is 9.54. The van der Waals surface area contributed by atoms with Gasteiger partial charge in [0.25, 0.3) is 5.91 Å². The zero-order chi connectivity index (χ0) is 15.4. The lowest BCUT2D eigenvalue weighted by Crippen LogP contribution is -2.21. The Morgan fingerprint density at radius 3 is 2.67 bits per heavy atom. The average molecular weight is 288 g/mol. The van der Waals surface area contributed by atoms with E-state index >= 15 is 0 Å². The van der Waals surface area contributed by atoms with Gasteiger partial charge in [0.15, 0.2) is 6.61 Å². The fraction of sp³-hybridized carbons (Fsp3) is 0.188. The molecule has 0 unspecified atom stereocenters. The number of aryl methyl sites for hydroxylation is 2. The third-order valence-electron chi connectivity index (χ3n) is 3.07. The van der Waals surface area contributed by atoms with Crippen LogP contribution in [0.25, 0.3) is 0 Å². The first-order valence-corrected chi connectivity index (χ1v) is 6.51. The predicted molar refractivity (Wildman–Crippen MR) is 80.9 cm³/mol. The number of hydrogen-bond acceptors (Lipinski definition) is 3. The number of amides is 1. The average Bonchev–Trinajstić information content (AvgIpc) is 2.42. The van der Waals surface area contributed by atoms with Crippen LogP contribution >= 0.6 is 0 Å². The van der Waals surface area contributed by atoms with Gasteiger partial charge in [0, 0.05) is 0 Å². The molecule has 0 atom stereocenters. The molecular weight excluding hydrogens is 271 g/mol. The summed E-state index contributed by atoms with van der Waals surface area (Å²) in [5, 5.41) is 2.72. The van der Waals surface area contributed by atoms with Gasteiger partial charge in [-0.2, -0.15) is 0 Å². The van der Waals surface area contributed by atoms with Crippen LogP contribution in [0.5, 0.6) is 5.75 Å². The minimum atomic E-state index is -0.336. The molecule has 0 saturated heterocycles. The maximum absolute atomic E-state index is 13.0. The SMILES string of the molecule is Cc1cc(F)ccc1OCC(=O)Nc1c(C)cccc1N. The fourth-order valence-electron chi connectivity index (χ4n) is 1.95. The quantitative estimate of drug-likeness (QED) is 0.850. The Hall–Kier alpha value is -2.56. The van der Waals surface area contributed by atoms with Crippen LogP contribution in [-0.2, 0) is 4.79 Å². The zero-order valence-electron chi connectivity index (χ0n) is 11.9. The number of nitrogen functional groups attached to an aromatic ring is 1. The van der Waals surface area contributed by atoms with Crippen molar-refractivity contribution in [2.75, 3.05) is 17.7 Å². The van der Waals surface area contributed by atoms with Crippen molar-refractivity contribution in [2.24, 2.45) is 0 Å². The molecule has 4 nitrogen and oxygen atoms in total. The van der Waals surface area contributed by atoms with E-state index in [0.717, 1.165) is 5.56 Å². The Labute approximate surface area is 122 Å². The molecule has 2 rings (SSSR count). The van der Waals surface area contributed by atoms with E-state index in [1.54, 1.807) is 13.0 Å². The van der Waals surface area contributed by atoms with Crippen LogP contribution in [-0.4, -0.2) is 12.5 Å². The normalized spacial score (nSPS) is 10.2. The van der Waals surface area contributed by atoms with Gasteiger partial charge in [-0.05, 0) is 49.2 Å². The summed E-state index contributed by atoms with van der Waals surface area (Å²) in [5.74, 6) is -0.180. The number of para-hydroxylation sites is 1. The molecule has 0 aromatic heterocycles. The predicted octanol–water partition coefficient (Wildman–Crippen LogP) is 3.04. The first kappa shape index (κ1) is 14.8. The highest BCUT2D eigenvalue weighted by Crippen LogP contribution is 2.22. The molecule has 3 N–H and O–H groups in total. The van der Waals surface area contributed by atoms with Crippen LogP contribution < -0.4 is 15.8 Å². The van der Waals surface area contributed by atoms with E-state index < -0.39 is 0 Å². The Bertz CT molecular complexity index is 651. The van der Waals surface area contributed by atoms with Crippen LogP contribution in [0.1, 0.15) is 11.1 Å². The topological polar surface area (TPSA) is 64.3 Å². The molecular formula is C16H17FN2O2. The maximum Gasteiger partial charge on any atom is 0.262 e. The van der Waals surface area contributed by atoms with E-state index in [1.165, 1.54) is 18.2 Å². The standard InChI is InChI=1S/C16H17FN2O2/c1-10-4-3-5-13(18)16(10)19-15(20)9-21-14-7-6-12(17)8-11(14)2/h3-8H,9,18H2,1-2H3,(H,19,20). The van der Waals surface area contributed by atoms with E-state index in [1.807, 2.05) is 19.1 Å². The molecule has 2 aromatic rings. The van der Waals surface area contributed by atoms with Gasteiger partial charge in [-0.15, -0.1) is 0 Å². The Morgan fingerprint density at radius 2 is 2.00 bits per heavy atom. The van der Waals surface area contributed by atoms with Gasteiger partial charge in [-0.1, -0.05) is 12.1 Å². The number of carbonyl (C=O) groups is 1. The van der Waals surface area contributed by atoms with Gasteiger partial charge in [-0.3, -0.25) is 4.79 Å². The summed E-state index contributed by atoms with van der Waals surface area (Å²) in [4.78, 5) is 11.9. The maximum atomic E-state index is 13.0. The minimum absolute atomic E-state index is 0.166. The largest absolute Gasteiger partial charge is 0.483 e. The van der Waals surface area contributed by atoms with E-state index in [-0.39, 0.29) is 18.3 Å². The molecule has 0 fully saturated rings. The number of carbonyl (C=O) groups excluding carboxylic acids is 1. The highest BCUT2D eigenvalue weighted by Gasteiger charge is 2.09. The lowest BCUT2D eigenvalue weighted by atomic mass is 10.1. The van der Waals surface area contributed by atoms with Crippen molar-refractivity contribution in [1.29, 1.82) is 0 Å². The highest BCUT2D eigenvalue weighted by molar-refractivity contribution is 5.95. The van der Waals surface area contributed by atoms with Crippen molar-refractivity contribution in [3.63, 3.8) is 0 Å². The van der Waals surface area contributed by atoms with Crippen LogP contribution in [0.4, 0.5) is 15.8 Å². The molecule has 0 heterocycles. The molecule has 0 bridgehead atoms. The first-order valence-electron chi connectivity index (χ1n) is 6.51. The summed E-state index contributed by atoms with van der Waals surface area (Å²) in [7, 11) is 0. The second kappa shape index (κ2) is 6.26. The summed E-state index contributed by atoms with van der Waals surface area (Å²) < 4.78 is 18.4. The monoisotopic (exact) mass is 288 g/mol. The van der Waals surface area contributed by atoms with Crippen molar-refractivity contribution in [3.8, 4) is 5.75 Å². The van der Waals surface area contributed by atoms with E-state index in [4.69, 9.17) is 10.5 Å². The number of rotatable bonds is 4. The van der Waals surface area contributed by atoms with E-state index in [9.17, 15) is 9.18 Å². The number of hydrogen-bond donors (Lipinski definition) is 2. The second-order valence-electron chi connectivity index (χ2n) is 4.79. The van der Waals surface area contributed by atoms with Gasteiger partial charge >= 0.3 is 0 Å². The second-order valence-corrected chi connectivity index (χ2v) is 4.79. The molecule has 5 heteroatoms. The zero-order valence-corrected chi connectivity index (χ0v) is 11.9. The van der Waals surface area contributed by atoms with E-state index in [0.29, 0.717) is 22.7 Å². The Morgan fingerprint density at radius 1 is 1.24 bits per heavy atom. The molecule has 110 valence electrons. The van der Waals surface area contributed by atoms with Gasteiger partial charge < -0.3 is 15.8 Å². The molecule has 0 saturated carbocycles. The van der Waals surface area contributed by atoms with Crippen molar-refractivity contribution in [1.82, 2.24) is 0 Å². The highest BCUT2D eigenvalue weighted by atomic mass is 19.1. The van der Waals surface area contributed by atoms with Crippen LogP contribution in [0.15, 0.2) is 36.4 Å². The van der Waals surface area contributed by atoms with Gasteiger partial charge in [0.2, 0.25) is 0 Å². The summed E-state index contributed by atoms with van der Waals surface area (Å²) in [6.45, 7) is 3.41. The van der Waals surface area contributed by atoms with Crippen LogP contribution in [0.2, 0.25) is 0 Å². The lowest BCUT2D eigenvalue weighted by Gasteiger charge is -2.12. The number of nitrogens with two attached hydrogens (primary N) is 1. The van der Waals surface area contributed by atoms with Crippen molar-refractivity contribution in [3.05, 3.63) is 53.3 Å². The molecule has 0 aliphatic heterocycles. The Balaban J connectivity index is 1.99. The van der Waals surface area contributed by atoms with Crippen LogP contribution in [0.3, 0.4) is 0 Å². The molecule has 1 amide bonds. The molecule has 0 radical (unpaired) electrons. The van der Waals surface area contributed by atoms with Crippen LogP contribution in [0, 0.1) is 19.7 Å². The van der Waals surface area contributed by atoms with Gasteiger partial charge in [-0.25, -0.2) is 4.39 Å². The van der Waals surface area contributed by atoms with Crippen molar-refractivity contribution in [2.45, 2.75) is 13.8 Å². The Kier molecular flexibility index (Phi) is 4.42. The third kappa shape index (κ3) is 3.72. The molecule has 0 aliphatic rings. The smallest absolute Gasteiger partial charge is 0.262 e.